The molecule has 1 amide bonds. The first-order chi connectivity index (χ1) is 17.1. The van der Waals surface area contributed by atoms with Crippen molar-refractivity contribution in [1.82, 2.24) is 10.2 Å². The predicted molar refractivity (Wildman–Crippen MR) is 156 cm³/mol. The highest BCUT2D eigenvalue weighted by Crippen LogP contribution is 2.38. The van der Waals surface area contributed by atoms with E-state index in [1.807, 2.05) is 71.7 Å². The zero-order valence-corrected chi connectivity index (χ0v) is 23.2. The number of hydrogen-bond acceptors (Lipinski definition) is 7. The van der Waals surface area contributed by atoms with Crippen LogP contribution in [0.4, 0.5) is 22.7 Å². The summed E-state index contributed by atoms with van der Waals surface area (Å²) in [7, 11) is 9.53. The van der Waals surface area contributed by atoms with Crippen molar-refractivity contribution in [2.75, 3.05) is 63.9 Å². The second kappa shape index (κ2) is 13.5. The van der Waals surface area contributed by atoms with Gasteiger partial charge in [0.15, 0.2) is 0 Å². The lowest BCUT2D eigenvalue weighted by Gasteiger charge is -2.26. The summed E-state index contributed by atoms with van der Waals surface area (Å²) in [5, 5.41) is 11.4. The summed E-state index contributed by atoms with van der Waals surface area (Å²) >= 11 is 1.59. The van der Waals surface area contributed by atoms with Crippen molar-refractivity contribution < 1.29 is 9.53 Å². The molecule has 8 nitrogen and oxygen atoms in total. The average molecular weight is 511 g/mol. The van der Waals surface area contributed by atoms with Crippen LogP contribution in [-0.4, -0.2) is 65.0 Å². The van der Waals surface area contributed by atoms with Gasteiger partial charge in [-0.3, -0.25) is 4.79 Å². The quantitative estimate of drug-likeness (QED) is 0.158. The van der Waals surface area contributed by atoms with Crippen LogP contribution in [0.2, 0.25) is 0 Å². The van der Waals surface area contributed by atoms with Gasteiger partial charge in [-0.25, -0.2) is 4.99 Å². The van der Waals surface area contributed by atoms with Crippen LogP contribution in [0.15, 0.2) is 59.6 Å². The molecule has 0 fully saturated rings. The molecule has 1 aromatic heterocycles. The fourth-order valence-electron chi connectivity index (χ4n) is 3.52. The normalized spacial score (nSPS) is 11.8. The van der Waals surface area contributed by atoms with Crippen LogP contribution in [-0.2, 0) is 4.79 Å². The fraction of sp³-hybridized carbons (Fsp3) is 0.333. The van der Waals surface area contributed by atoms with E-state index in [0.717, 1.165) is 40.6 Å². The Morgan fingerprint density at radius 2 is 1.92 bits per heavy atom. The number of benzene rings is 1. The van der Waals surface area contributed by atoms with Crippen molar-refractivity contribution in [3.8, 4) is 5.75 Å². The Morgan fingerprint density at radius 1 is 1.19 bits per heavy atom. The van der Waals surface area contributed by atoms with Gasteiger partial charge in [-0.1, -0.05) is 19.2 Å². The molecule has 0 aliphatic carbocycles. The topological polar surface area (TPSA) is 81.2 Å². The zero-order chi connectivity index (χ0) is 26.8. The van der Waals surface area contributed by atoms with Crippen molar-refractivity contribution in [1.29, 1.82) is 0 Å². The molecule has 194 valence electrons. The molecule has 2 aromatic rings. The number of carbonyl (C=O) groups excluding carboxylic acids is 1. The van der Waals surface area contributed by atoms with E-state index in [9.17, 15) is 4.79 Å². The molecule has 0 saturated carbocycles. The van der Waals surface area contributed by atoms with E-state index in [1.54, 1.807) is 18.4 Å². The second-order valence-electron chi connectivity index (χ2n) is 8.38. The van der Waals surface area contributed by atoms with Gasteiger partial charge in [0.2, 0.25) is 5.91 Å². The molecule has 0 unspecified atom stereocenters. The van der Waals surface area contributed by atoms with Crippen molar-refractivity contribution >= 4 is 51.4 Å². The summed E-state index contributed by atoms with van der Waals surface area (Å²) in [6.45, 7) is 13.3. The summed E-state index contributed by atoms with van der Waals surface area (Å²) in [6.07, 6.45) is 3.24. The van der Waals surface area contributed by atoms with Crippen molar-refractivity contribution in [3.63, 3.8) is 0 Å². The monoisotopic (exact) mass is 510 g/mol. The van der Waals surface area contributed by atoms with Gasteiger partial charge >= 0.3 is 0 Å². The summed E-state index contributed by atoms with van der Waals surface area (Å²) in [5.74, 6) is 1.01. The maximum absolute atomic E-state index is 12.2. The number of carbonyl (C=O) groups is 1. The number of anilines is 3. The van der Waals surface area contributed by atoms with Gasteiger partial charge in [0.25, 0.3) is 0 Å². The van der Waals surface area contributed by atoms with Gasteiger partial charge in [0.1, 0.15) is 11.6 Å². The van der Waals surface area contributed by atoms with E-state index in [4.69, 9.17) is 9.73 Å². The standard InChI is InChI=1S/C27H38N6O2S/c1-10-20(28-5)18(3)27-21(12-15-36-27)29-19(4)30-23-16-22(31-26(34)11-2)24(17-25(23)35-9)33(8)14-13-32(6)7/h10-12,15-17,28H,2-3,13-14H2,1,4-9H3,(H,29,30)(H,31,34)/b20-10-. The fourth-order valence-corrected chi connectivity index (χ4v) is 4.34. The predicted octanol–water partition coefficient (Wildman–Crippen LogP) is 5.18. The molecule has 3 N–H and O–H groups in total. The number of likely N-dealkylation sites (N-methyl/N-ethyl adjacent to an activating group) is 3. The largest absolute Gasteiger partial charge is 0.494 e. The third-order valence-corrected chi connectivity index (χ3v) is 6.42. The Balaban J connectivity index is 2.43. The van der Waals surface area contributed by atoms with Crippen molar-refractivity contribution in [2.45, 2.75) is 13.8 Å². The van der Waals surface area contributed by atoms with Gasteiger partial charge in [0.05, 0.1) is 34.7 Å². The highest BCUT2D eigenvalue weighted by Gasteiger charge is 2.17. The first kappa shape index (κ1) is 28.7. The van der Waals surface area contributed by atoms with E-state index >= 15 is 0 Å². The number of nitrogens with one attached hydrogen (secondary N) is 3. The molecule has 1 aromatic carbocycles. The maximum Gasteiger partial charge on any atom is 0.247 e. The van der Waals surface area contributed by atoms with Crippen LogP contribution in [0, 0.1) is 0 Å². The number of allylic oxidation sites excluding steroid dienone is 2. The van der Waals surface area contributed by atoms with E-state index in [-0.39, 0.29) is 5.91 Å². The third-order valence-electron chi connectivity index (χ3n) is 5.46. The highest BCUT2D eigenvalue weighted by molar-refractivity contribution is 7.11. The Bertz CT molecular complexity index is 1150. The molecule has 0 bridgehead atoms. The van der Waals surface area contributed by atoms with Gasteiger partial charge in [-0.05, 0) is 51.5 Å². The lowest BCUT2D eigenvalue weighted by atomic mass is 10.1. The molecular weight excluding hydrogens is 472 g/mol. The maximum atomic E-state index is 12.2. The Hall–Kier alpha value is -3.56. The lowest BCUT2D eigenvalue weighted by Crippen LogP contribution is -2.29. The summed E-state index contributed by atoms with van der Waals surface area (Å²) in [5.41, 5.74) is 4.84. The van der Waals surface area contributed by atoms with Gasteiger partial charge in [-0.2, -0.15) is 0 Å². The summed E-state index contributed by atoms with van der Waals surface area (Å²) in [6, 6.07) is 5.73. The minimum Gasteiger partial charge on any atom is -0.494 e. The average Bonchev–Trinajstić information content (AvgIpc) is 3.31. The molecule has 0 aliphatic heterocycles. The highest BCUT2D eigenvalue weighted by atomic mass is 32.1. The summed E-state index contributed by atoms with van der Waals surface area (Å²) < 4.78 is 5.69. The Kier molecular flexibility index (Phi) is 10.8. The second-order valence-corrected chi connectivity index (χ2v) is 9.29. The van der Waals surface area contributed by atoms with Crippen LogP contribution in [0.1, 0.15) is 18.7 Å². The minimum absolute atomic E-state index is 0.287. The zero-order valence-electron chi connectivity index (χ0n) is 22.4. The molecule has 0 aliphatic rings. The first-order valence-electron chi connectivity index (χ1n) is 11.6. The number of methoxy groups -OCH3 is 1. The Labute approximate surface area is 219 Å². The SMILES string of the molecule is C=CC(=O)Nc1cc(NC(C)=Nc2ccsc2C(=C)/C(=C/C)NC)c(OC)cc1N(C)CCN(C)C. The van der Waals surface area contributed by atoms with E-state index in [1.165, 1.54) is 6.08 Å². The van der Waals surface area contributed by atoms with Crippen LogP contribution in [0.25, 0.3) is 5.57 Å². The van der Waals surface area contributed by atoms with Gasteiger partial charge in [-0.15, -0.1) is 11.3 Å². The molecule has 9 heteroatoms. The smallest absolute Gasteiger partial charge is 0.247 e. The van der Waals surface area contributed by atoms with E-state index in [0.29, 0.717) is 23.0 Å². The molecule has 36 heavy (non-hydrogen) atoms. The number of amidine groups is 1. The van der Waals surface area contributed by atoms with Gasteiger partial charge < -0.3 is 30.5 Å². The number of nitrogens with zero attached hydrogens (tertiary/aromatic N) is 3. The molecule has 0 spiro atoms. The van der Waals surface area contributed by atoms with Crippen LogP contribution < -0.4 is 25.6 Å². The van der Waals surface area contributed by atoms with Crippen molar-refractivity contribution in [2.24, 2.45) is 4.99 Å². The molecule has 0 atom stereocenters. The molecule has 0 saturated heterocycles. The first-order valence-corrected chi connectivity index (χ1v) is 12.5. The summed E-state index contributed by atoms with van der Waals surface area (Å²) in [4.78, 5) is 22.2. The van der Waals surface area contributed by atoms with Crippen molar-refractivity contribution in [3.05, 3.63) is 59.5 Å². The van der Waals surface area contributed by atoms with E-state index in [2.05, 4.69) is 38.9 Å². The van der Waals surface area contributed by atoms with Gasteiger partial charge in [0, 0.05) is 44.5 Å². The van der Waals surface area contributed by atoms with E-state index < -0.39 is 0 Å². The number of ether oxygens (including phenoxy) is 1. The minimum atomic E-state index is -0.287. The molecular formula is C27H38N6O2S. The number of hydrogen-bond donors (Lipinski definition) is 3. The third kappa shape index (κ3) is 7.47. The molecule has 1 heterocycles. The number of thiophene rings is 1. The van der Waals surface area contributed by atoms with Crippen LogP contribution in [0.3, 0.4) is 0 Å². The Morgan fingerprint density at radius 3 is 2.50 bits per heavy atom. The molecule has 2 rings (SSSR count). The number of aliphatic imine (C=N–C) groups is 1. The van der Waals surface area contributed by atoms with Crippen LogP contribution >= 0.6 is 11.3 Å². The lowest BCUT2D eigenvalue weighted by molar-refractivity contribution is -0.111. The number of rotatable bonds is 12. The number of amides is 1. The molecule has 0 radical (unpaired) electrons. The van der Waals surface area contributed by atoms with Crippen LogP contribution in [0.5, 0.6) is 5.75 Å².